The molecule has 0 saturated heterocycles. The number of rotatable bonds is 7. The van der Waals surface area contributed by atoms with Crippen molar-refractivity contribution in [2.45, 2.75) is 26.3 Å². The normalized spacial score (nSPS) is 11.9. The summed E-state index contributed by atoms with van der Waals surface area (Å²) in [5.74, 6) is 0.493. The molecule has 1 aromatic heterocycles. The van der Waals surface area contributed by atoms with Gasteiger partial charge in [-0.1, -0.05) is 6.92 Å². The fourth-order valence-electron chi connectivity index (χ4n) is 1.57. The first-order valence-corrected chi connectivity index (χ1v) is 6.17. The fraction of sp³-hybridized carbons (Fsp3) is 0.538. The van der Waals surface area contributed by atoms with E-state index in [-0.39, 0.29) is 11.9 Å². The molecule has 0 saturated carbocycles. The van der Waals surface area contributed by atoms with E-state index in [9.17, 15) is 4.79 Å². The SMILES string of the molecule is CCCNc1ncccc1C(=O)NC(C)COC. The van der Waals surface area contributed by atoms with Gasteiger partial charge in [-0.2, -0.15) is 0 Å². The highest BCUT2D eigenvalue weighted by Crippen LogP contribution is 2.11. The molecular weight excluding hydrogens is 230 g/mol. The van der Waals surface area contributed by atoms with Crippen LogP contribution >= 0.6 is 0 Å². The molecule has 0 aromatic carbocycles. The number of nitrogens with one attached hydrogen (secondary N) is 2. The van der Waals surface area contributed by atoms with Crippen LogP contribution in [0.5, 0.6) is 0 Å². The maximum absolute atomic E-state index is 12.1. The number of amides is 1. The van der Waals surface area contributed by atoms with Crippen LogP contribution in [0, 0.1) is 0 Å². The minimum Gasteiger partial charge on any atom is -0.383 e. The highest BCUT2D eigenvalue weighted by Gasteiger charge is 2.13. The van der Waals surface area contributed by atoms with Crippen molar-refractivity contribution >= 4 is 11.7 Å². The van der Waals surface area contributed by atoms with Gasteiger partial charge in [0.1, 0.15) is 5.82 Å². The summed E-state index contributed by atoms with van der Waals surface area (Å²) in [6.07, 6.45) is 2.66. The molecule has 0 radical (unpaired) electrons. The van der Waals surface area contributed by atoms with Gasteiger partial charge in [0.05, 0.1) is 12.2 Å². The lowest BCUT2D eigenvalue weighted by Crippen LogP contribution is -2.36. The van der Waals surface area contributed by atoms with Gasteiger partial charge in [0.15, 0.2) is 0 Å². The number of carbonyl (C=O) groups is 1. The van der Waals surface area contributed by atoms with E-state index in [4.69, 9.17) is 4.74 Å². The standard InChI is InChI=1S/C13H21N3O2/c1-4-7-14-12-11(6-5-8-15-12)13(17)16-10(2)9-18-3/h5-6,8,10H,4,7,9H2,1-3H3,(H,14,15)(H,16,17). The number of aromatic nitrogens is 1. The summed E-state index contributed by atoms with van der Waals surface area (Å²) in [4.78, 5) is 16.3. The summed E-state index contributed by atoms with van der Waals surface area (Å²) in [5.41, 5.74) is 0.564. The van der Waals surface area contributed by atoms with E-state index < -0.39 is 0 Å². The molecule has 1 unspecified atom stereocenters. The van der Waals surface area contributed by atoms with Crippen molar-refractivity contribution in [1.82, 2.24) is 10.3 Å². The highest BCUT2D eigenvalue weighted by molar-refractivity contribution is 5.98. The van der Waals surface area contributed by atoms with E-state index in [1.807, 2.05) is 6.92 Å². The predicted octanol–water partition coefficient (Wildman–Crippen LogP) is 1.67. The van der Waals surface area contributed by atoms with Gasteiger partial charge < -0.3 is 15.4 Å². The van der Waals surface area contributed by atoms with Gasteiger partial charge in [-0.3, -0.25) is 4.79 Å². The van der Waals surface area contributed by atoms with Gasteiger partial charge in [0.2, 0.25) is 0 Å². The summed E-state index contributed by atoms with van der Waals surface area (Å²) >= 11 is 0. The number of ether oxygens (including phenoxy) is 1. The van der Waals surface area contributed by atoms with Crippen LogP contribution in [0.3, 0.4) is 0 Å². The molecule has 0 bridgehead atoms. The Morgan fingerprint density at radius 3 is 3.00 bits per heavy atom. The number of carbonyl (C=O) groups excluding carboxylic acids is 1. The average molecular weight is 251 g/mol. The molecule has 5 nitrogen and oxygen atoms in total. The average Bonchev–Trinajstić information content (AvgIpc) is 2.36. The zero-order valence-electron chi connectivity index (χ0n) is 11.2. The second-order valence-electron chi connectivity index (χ2n) is 4.16. The Balaban J connectivity index is 2.71. The minimum atomic E-state index is -0.133. The van der Waals surface area contributed by atoms with E-state index in [0.29, 0.717) is 18.0 Å². The van der Waals surface area contributed by atoms with Crippen LogP contribution in [0.4, 0.5) is 5.82 Å². The maximum Gasteiger partial charge on any atom is 0.255 e. The molecule has 0 aliphatic carbocycles. The number of pyridine rings is 1. The summed E-state index contributed by atoms with van der Waals surface area (Å²) in [7, 11) is 1.61. The Morgan fingerprint density at radius 1 is 1.56 bits per heavy atom. The predicted molar refractivity (Wildman–Crippen MR) is 71.8 cm³/mol. The molecule has 100 valence electrons. The molecule has 1 aromatic rings. The van der Waals surface area contributed by atoms with Crippen molar-refractivity contribution in [2.24, 2.45) is 0 Å². The first-order chi connectivity index (χ1) is 8.69. The molecule has 1 atom stereocenters. The second-order valence-corrected chi connectivity index (χ2v) is 4.16. The first kappa shape index (κ1) is 14.4. The first-order valence-electron chi connectivity index (χ1n) is 6.17. The molecular formula is C13H21N3O2. The molecule has 0 spiro atoms. The maximum atomic E-state index is 12.1. The molecule has 0 aliphatic heterocycles. The third-order valence-electron chi connectivity index (χ3n) is 2.39. The van der Waals surface area contributed by atoms with Gasteiger partial charge in [0, 0.05) is 25.9 Å². The third-order valence-corrected chi connectivity index (χ3v) is 2.39. The van der Waals surface area contributed by atoms with Gasteiger partial charge in [-0.15, -0.1) is 0 Å². The second kappa shape index (κ2) is 7.66. The molecule has 1 heterocycles. The molecule has 18 heavy (non-hydrogen) atoms. The zero-order chi connectivity index (χ0) is 13.4. The number of hydrogen-bond acceptors (Lipinski definition) is 4. The van der Waals surface area contributed by atoms with Gasteiger partial charge in [-0.05, 0) is 25.5 Å². The number of nitrogens with zero attached hydrogens (tertiary/aromatic N) is 1. The lowest BCUT2D eigenvalue weighted by atomic mass is 10.2. The quantitative estimate of drug-likeness (QED) is 0.773. The summed E-state index contributed by atoms with van der Waals surface area (Å²) in [6, 6.07) is 3.49. The van der Waals surface area contributed by atoms with E-state index in [1.54, 1.807) is 25.4 Å². The molecule has 2 N–H and O–H groups in total. The van der Waals surface area contributed by atoms with Crippen LogP contribution in [-0.2, 0) is 4.74 Å². The van der Waals surface area contributed by atoms with Crippen molar-refractivity contribution in [3.8, 4) is 0 Å². The van der Waals surface area contributed by atoms with E-state index in [2.05, 4.69) is 22.5 Å². The largest absolute Gasteiger partial charge is 0.383 e. The van der Waals surface area contributed by atoms with E-state index >= 15 is 0 Å². The Labute approximate surface area is 108 Å². The summed E-state index contributed by atoms with van der Waals surface area (Å²) in [6.45, 7) is 5.25. The van der Waals surface area contributed by atoms with Crippen molar-refractivity contribution in [3.05, 3.63) is 23.9 Å². The van der Waals surface area contributed by atoms with Crippen LogP contribution in [0.25, 0.3) is 0 Å². The van der Waals surface area contributed by atoms with E-state index in [1.165, 1.54) is 0 Å². The fourth-order valence-corrected chi connectivity index (χ4v) is 1.57. The highest BCUT2D eigenvalue weighted by atomic mass is 16.5. The monoisotopic (exact) mass is 251 g/mol. The summed E-state index contributed by atoms with van der Waals surface area (Å²) < 4.78 is 4.99. The molecule has 0 fully saturated rings. The van der Waals surface area contributed by atoms with Crippen molar-refractivity contribution in [1.29, 1.82) is 0 Å². The van der Waals surface area contributed by atoms with Crippen LogP contribution in [0.15, 0.2) is 18.3 Å². The van der Waals surface area contributed by atoms with Crippen molar-refractivity contribution < 1.29 is 9.53 Å². The topological polar surface area (TPSA) is 63.2 Å². The van der Waals surface area contributed by atoms with Gasteiger partial charge in [-0.25, -0.2) is 4.98 Å². The Hall–Kier alpha value is -1.62. The molecule has 0 aliphatic rings. The summed E-state index contributed by atoms with van der Waals surface area (Å²) in [5, 5.41) is 6.02. The lowest BCUT2D eigenvalue weighted by Gasteiger charge is -2.14. The molecule has 5 heteroatoms. The number of methoxy groups -OCH3 is 1. The number of anilines is 1. The van der Waals surface area contributed by atoms with Crippen LogP contribution < -0.4 is 10.6 Å². The van der Waals surface area contributed by atoms with Crippen molar-refractivity contribution in [2.75, 3.05) is 25.6 Å². The van der Waals surface area contributed by atoms with Crippen LogP contribution in [0.1, 0.15) is 30.6 Å². The smallest absolute Gasteiger partial charge is 0.255 e. The number of hydrogen-bond donors (Lipinski definition) is 2. The zero-order valence-corrected chi connectivity index (χ0v) is 11.2. The van der Waals surface area contributed by atoms with Gasteiger partial charge >= 0.3 is 0 Å². The minimum absolute atomic E-state index is 0.0262. The Kier molecular flexibility index (Phi) is 6.14. The van der Waals surface area contributed by atoms with E-state index in [0.717, 1.165) is 13.0 Å². The third kappa shape index (κ3) is 4.33. The van der Waals surface area contributed by atoms with Crippen molar-refractivity contribution in [3.63, 3.8) is 0 Å². The van der Waals surface area contributed by atoms with Gasteiger partial charge in [0.25, 0.3) is 5.91 Å². The Bertz CT molecular complexity index is 382. The van der Waals surface area contributed by atoms with Crippen LogP contribution in [0.2, 0.25) is 0 Å². The van der Waals surface area contributed by atoms with Crippen LogP contribution in [-0.4, -0.2) is 37.2 Å². The Morgan fingerprint density at radius 2 is 2.33 bits per heavy atom. The molecule has 1 rings (SSSR count). The lowest BCUT2D eigenvalue weighted by molar-refractivity contribution is 0.0906. The molecule has 1 amide bonds.